The summed E-state index contributed by atoms with van der Waals surface area (Å²) in [5.41, 5.74) is 4.85. The quantitative estimate of drug-likeness (QED) is 0.656. The summed E-state index contributed by atoms with van der Waals surface area (Å²) >= 11 is 0. The third kappa shape index (κ3) is 4.96. The highest BCUT2D eigenvalue weighted by molar-refractivity contribution is 5.83. The third-order valence-corrected chi connectivity index (χ3v) is 3.34. The van der Waals surface area contributed by atoms with Crippen LogP contribution in [0.4, 0.5) is 0 Å². The van der Waals surface area contributed by atoms with Gasteiger partial charge in [0.15, 0.2) is 6.61 Å². The van der Waals surface area contributed by atoms with Gasteiger partial charge in [-0.05, 0) is 35.2 Å². The second kappa shape index (κ2) is 8.49. The van der Waals surface area contributed by atoms with Crippen LogP contribution in [0.2, 0.25) is 0 Å². The lowest BCUT2D eigenvalue weighted by Crippen LogP contribution is -2.24. The van der Waals surface area contributed by atoms with Crippen LogP contribution in [-0.4, -0.2) is 18.7 Å². The zero-order valence-electron chi connectivity index (χ0n) is 13.7. The van der Waals surface area contributed by atoms with Crippen molar-refractivity contribution in [3.63, 3.8) is 0 Å². The number of hydrogen-bond donors (Lipinski definition) is 1. The standard InChI is InChI=1S/C19H19N3O2/c1-14(2)17-5-3-4-6-18(17)24-13-19(23)22-21-12-16-9-7-15(11-20)8-10-16/h3-10,12,14H,13H2,1-2H3,(H,22,23). The molecule has 0 aliphatic carbocycles. The molecule has 5 nitrogen and oxygen atoms in total. The van der Waals surface area contributed by atoms with Crippen molar-refractivity contribution in [3.8, 4) is 11.8 Å². The molecular weight excluding hydrogens is 302 g/mol. The maximum absolute atomic E-state index is 11.8. The molecule has 0 aliphatic rings. The summed E-state index contributed by atoms with van der Waals surface area (Å²) in [5.74, 6) is 0.691. The Bertz CT molecular complexity index is 759. The van der Waals surface area contributed by atoms with Crippen LogP contribution in [0.15, 0.2) is 53.6 Å². The van der Waals surface area contributed by atoms with Crippen molar-refractivity contribution in [2.45, 2.75) is 19.8 Å². The minimum absolute atomic E-state index is 0.103. The Hall–Kier alpha value is -3.13. The molecule has 0 saturated carbocycles. The summed E-state index contributed by atoms with van der Waals surface area (Å²) in [7, 11) is 0. The lowest BCUT2D eigenvalue weighted by molar-refractivity contribution is -0.123. The molecule has 0 unspecified atom stereocenters. The smallest absolute Gasteiger partial charge is 0.277 e. The van der Waals surface area contributed by atoms with Gasteiger partial charge in [0.05, 0.1) is 17.8 Å². The minimum Gasteiger partial charge on any atom is -0.483 e. The van der Waals surface area contributed by atoms with E-state index >= 15 is 0 Å². The van der Waals surface area contributed by atoms with Gasteiger partial charge in [-0.2, -0.15) is 10.4 Å². The largest absolute Gasteiger partial charge is 0.483 e. The number of nitrogens with zero attached hydrogens (tertiary/aromatic N) is 2. The SMILES string of the molecule is CC(C)c1ccccc1OCC(=O)NN=Cc1ccc(C#N)cc1. The van der Waals surface area contributed by atoms with E-state index in [0.29, 0.717) is 17.2 Å². The van der Waals surface area contributed by atoms with Crippen LogP contribution in [0.25, 0.3) is 0 Å². The maximum atomic E-state index is 11.8. The maximum Gasteiger partial charge on any atom is 0.277 e. The molecule has 2 aromatic carbocycles. The first-order chi connectivity index (χ1) is 11.6. The van der Waals surface area contributed by atoms with Crippen LogP contribution in [0.1, 0.15) is 36.5 Å². The zero-order chi connectivity index (χ0) is 17.4. The number of nitriles is 1. The third-order valence-electron chi connectivity index (χ3n) is 3.34. The first-order valence-corrected chi connectivity index (χ1v) is 7.64. The Kier molecular flexibility index (Phi) is 6.09. The van der Waals surface area contributed by atoms with Crippen molar-refractivity contribution in [3.05, 3.63) is 65.2 Å². The fourth-order valence-electron chi connectivity index (χ4n) is 2.09. The molecule has 0 spiro atoms. The second-order valence-electron chi connectivity index (χ2n) is 5.51. The fourth-order valence-corrected chi connectivity index (χ4v) is 2.09. The highest BCUT2D eigenvalue weighted by Gasteiger charge is 2.08. The summed E-state index contributed by atoms with van der Waals surface area (Å²) in [4.78, 5) is 11.8. The fraction of sp³-hybridized carbons (Fsp3) is 0.211. The van der Waals surface area contributed by atoms with Gasteiger partial charge in [0, 0.05) is 0 Å². The molecule has 0 bridgehead atoms. The van der Waals surface area contributed by atoms with Crippen molar-refractivity contribution in [2.24, 2.45) is 5.10 Å². The monoisotopic (exact) mass is 321 g/mol. The molecule has 0 aromatic heterocycles. The zero-order valence-corrected chi connectivity index (χ0v) is 13.7. The molecule has 122 valence electrons. The number of nitrogens with one attached hydrogen (secondary N) is 1. The van der Waals surface area contributed by atoms with Crippen molar-refractivity contribution in [2.75, 3.05) is 6.61 Å². The predicted octanol–water partition coefficient (Wildman–Crippen LogP) is 3.21. The Morgan fingerprint density at radius 2 is 1.96 bits per heavy atom. The van der Waals surface area contributed by atoms with Gasteiger partial charge in [-0.15, -0.1) is 0 Å². The van der Waals surface area contributed by atoms with Crippen LogP contribution in [0.5, 0.6) is 5.75 Å². The molecule has 0 saturated heterocycles. The number of ether oxygens (including phenoxy) is 1. The van der Waals surface area contributed by atoms with Gasteiger partial charge in [-0.25, -0.2) is 5.43 Å². The number of hydrazone groups is 1. The molecule has 2 rings (SSSR count). The molecule has 5 heteroatoms. The Balaban J connectivity index is 1.85. The lowest BCUT2D eigenvalue weighted by Gasteiger charge is -2.12. The summed E-state index contributed by atoms with van der Waals surface area (Å²) < 4.78 is 5.57. The van der Waals surface area contributed by atoms with Crippen molar-refractivity contribution >= 4 is 12.1 Å². The van der Waals surface area contributed by atoms with Gasteiger partial charge in [0.2, 0.25) is 0 Å². The normalized spacial score (nSPS) is 10.6. The number of carbonyl (C=O) groups excluding carboxylic acids is 1. The van der Waals surface area contributed by atoms with Crippen molar-refractivity contribution in [1.82, 2.24) is 5.43 Å². The molecule has 0 aliphatic heterocycles. The van der Waals surface area contributed by atoms with Gasteiger partial charge >= 0.3 is 0 Å². The number of para-hydroxylation sites is 1. The molecule has 0 heterocycles. The predicted molar refractivity (Wildman–Crippen MR) is 92.9 cm³/mol. The Morgan fingerprint density at radius 3 is 2.62 bits per heavy atom. The number of amides is 1. The molecule has 24 heavy (non-hydrogen) atoms. The van der Waals surface area contributed by atoms with Crippen molar-refractivity contribution < 1.29 is 9.53 Å². The van der Waals surface area contributed by atoms with E-state index in [2.05, 4.69) is 24.4 Å². The van der Waals surface area contributed by atoms with Gasteiger partial charge in [-0.1, -0.05) is 44.2 Å². The summed E-state index contributed by atoms with van der Waals surface area (Å²) in [5, 5.41) is 12.6. The van der Waals surface area contributed by atoms with E-state index in [4.69, 9.17) is 10.00 Å². The van der Waals surface area contributed by atoms with E-state index in [-0.39, 0.29) is 12.5 Å². The summed E-state index contributed by atoms with van der Waals surface area (Å²) in [6.45, 7) is 4.04. The van der Waals surface area contributed by atoms with Crippen LogP contribution < -0.4 is 10.2 Å². The molecule has 0 atom stereocenters. The topological polar surface area (TPSA) is 74.5 Å². The first-order valence-electron chi connectivity index (χ1n) is 7.64. The van der Waals surface area contributed by atoms with Crippen LogP contribution in [-0.2, 0) is 4.79 Å². The summed E-state index contributed by atoms with van der Waals surface area (Å²) in [6.07, 6.45) is 1.51. The minimum atomic E-state index is -0.335. The molecular formula is C19H19N3O2. The van der Waals surface area contributed by atoms with Gasteiger partial charge in [-0.3, -0.25) is 4.79 Å². The van der Waals surface area contributed by atoms with E-state index in [1.54, 1.807) is 24.3 Å². The number of carbonyl (C=O) groups is 1. The van der Waals surface area contributed by atoms with E-state index in [0.717, 1.165) is 11.1 Å². The van der Waals surface area contributed by atoms with Gasteiger partial charge < -0.3 is 4.74 Å². The summed E-state index contributed by atoms with van der Waals surface area (Å²) in [6, 6.07) is 16.6. The highest BCUT2D eigenvalue weighted by Crippen LogP contribution is 2.25. The molecule has 2 aromatic rings. The number of benzene rings is 2. The van der Waals surface area contributed by atoms with Gasteiger partial charge in [0.25, 0.3) is 5.91 Å². The first kappa shape index (κ1) is 17.2. The van der Waals surface area contributed by atoms with E-state index < -0.39 is 0 Å². The Morgan fingerprint density at radius 1 is 1.25 bits per heavy atom. The number of hydrogen-bond acceptors (Lipinski definition) is 4. The Labute approximate surface area is 141 Å². The number of rotatable bonds is 6. The van der Waals surface area contributed by atoms with Gasteiger partial charge in [0.1, 0.15) is 5.75 Å². The lowest BCUT2D eigenvalue weighted by atomic mass is 10.0. The second-order valence-corrected chi connectivity index (χ2v) is 5.51. The van der Waals surface area contributed by atoms with Crippen molar-refractivity contribution in [1.29, 1.82) is 5.26 Å². The van der Waals surface area contributed by atoms with E-state index in [9.17, 15) is 4.79 Å². The van der Waals surface area contributed by atoms with Crippen LogP contribution in [0.3, 0.4) is 0 Å². The average molecular weight is 321 g/mol. The molecule has 1 N–H and O–H groups in total. The van der Waals surface area contributed by atoms with E-state index in [1.807, 2.05) is 30.3 Å². The average Bonchev–Trinajstić information content (AvgIpc) is 2.60. The molecule has 0 radical (unpaired) electrons. The van der Waals surface area contributed by atoms with E-state index in [1.165, 1.54) is 6.21 Å². The molecule has 0 fully saturated rings. The highest BCUT2D eigenvalue weighted by atomic mass is 16.5. The van der Waals surface area contributed by atoms with Crippen LogP contribution >= 0.6 is 0 Å². The van der Waals surface area contributed by atoms with Crippen LogP contribution in [0, 0.1) is 11.3 Å². The molecule has 1 amide bonds.